The van der Waals surface area contributed by atoms with Crippen LogP contribution in [0.2, 0.25) is 10.0 Å². The molecule has 1 amide bonds. The van der Waals surface area contributed by atoms with E-state index < -0.39 is 0 Å². The van der Waals surface area contributed by atoms with Crippen LogP contribution in [0.5, 0.6) is 5.75 Å². The first-order chi connectivity index (χ1) is 16.9. The number of hydrogen-bond donors (Lipinski definition) is 1. The van der Waals surface area contributed by atoms with Crippen molar-refractivity contribution in [2.24, 2.45) is 5.10 Å². The number of amides is 1. The van der Waals surface area contributed by atoms with Crippen molar-refractivity contribution in [3.63, 3.8) is 0 Å². The molecule has 4 rings (SSSR count). The molecule has 35 heavy (non-hydrogen) atoms. The van der Waals surface area contributed by atoms with Gasteiger partial charge in [0.1, 0.15) is 5.75 Å². The van der Waals surface area contributed by atoms with Gasteiger partial charge in [-0.05, 0) is 73.2 Å². The van der Waals surface area contributed by atoms with E-state index in [0.717, 1.165) is 22.6 Å². The lowest BCUT2D eigenvalue weighted by Gasteiger charge is -2.11. The van der Waals surface area contributed by atoms with E-state index in [2.05, 4.69) is 20.7 Å². The number of hydrazone groups is 1. The van der Waals surface area contributed by atoms with Crippen LogP contribution >= 0.6 is 35.0 Å². The van der Waals surface area contributed by atoms with Crippen LogP contribution in [-0.4, -0.2) is 39.2 Å². The van der Waals surface area contributed by atoms with Crippen LogP contribution in [0.1, 0.15) is 12.5 Å². The average molecular weight is 526 g/mol. The molecule has 0 spiro atoms. The first kappa shape index (κ1) is 24.8. The molecule has 0 fully saturated rings. The Hall–Kier alpha value is -3.33. The van der Waals surface area contributed by atoms with Crippen molar-refractivity contribution in [2.75, 3.05) is 12.9 Å². The van der Waals surface area contributed by atoms with Crippen LogP contribution in [0.3, 0.4) is 0 Å². The number of nitrogens with zero attached hydrogens (tertiary/aromatic N) is 4. The van der Waals surface area contributed by atoms with Gasteiger partial charge in [0.05, 0.1) is 18.6 Å². The van der Waals surface area contributed by atoms with Crippen molar-refractivity contribution in [2.45, 2.75) is 12.1 Å². The third-order valence-electron chi connectivity index (χ3n) is 5.01. The van der Waals surface area contributed by atoms with Crippen molar-refractivity contribution >= 4 is 46.6 Å². The zero-order chi connectivity index (χ0) is 24.8. The molecule has 0 atom stereocenters. The van der Waals surface area contributed by atoms with Crippen LogP contribution in [-0.2, 0) is 4.79 Å². The Morgan fingerprint density at radius 3 is 2.23 bits per heavy atom. The number of thioether (sulfide) groups is 1. The molecule has 1 aromatic heterocycles. The van der Waals surface area contributed by atoms with Crippen molar-refractivity contribution in [3.05, 3.63) is 88.4 Å². The normalized spacial score (nSPS) is 11.4. The lowest BCUT2D eigenvalue weighted by atomic mass is 10.1. The summed E-state index contributed by atoms with van der Waals surface area (Å²) in [7, 11) is 1.62. The number of benzene rings is 3. The van der Waals surface area contributed by atoms with E-state index in [-0.39, 0.29) is 11.7 Å². The molecular formula is C25H21Cl2N5O2S. The summed E-state index contributed by atoms with van der Waals surface area (Å²) in [5.74, 6) is 1.22. The molecule has 10 heteroatoms. The first-order valence-corrected chi connectivity index (χ1v) is 12.3. The summed E-state index contributed by atoms with van der Waals surface area (Å²) in [6.07, 6.45) is 0. The molecule has 0 unspecified atom stereocenters. The summed E-state index contributed by atoms with van der Waals surface area (Å²) >= 11 is 13.3. The van der Waals surface area contributed by atoms with E-state index in [0.29, 0.717) is 26.7 Å². The van der Waals surface area contributed by atoms with E-state index >= 15 is 0 Å². The molecule has 1 heterocycles. The number of hydrogen-bond acceptors (Lipinski definition) is 6. The Balaban J connectivity index is 1.53. The topological polar surface area (TPSA) is 81.4 Å². The number of aromatic nitrogens is 3. The van der Waals surface area contributed by atoms with E-state index in [1.165, 1.54) is 11.8 Å². The lowest BCUT2D eigenvalue weighted by molar-refractivity contribution is -0.118. The van der Waals surface area contributed by atoms with Gasteiger partial charge in [-0.3, -0.25) is 9.36 Å². The van der Waals surface area contributed by atoms with Crippen LogP contribution < -0.4 is 10.2 Å². The second kappa shape index (κ2) is 11.4. The second-order valence-corrected chi connectivity index (χ2v) is 9.19. The highest BCUT2D eigenvalue weighted by atomic mass is 35.5. The fraction of sp³-hybridized carbons (Fsp3) is 0.120. The molecule has 0 bridgehead atoms. The van der Waals surface area contributed by atoms with Gasteiger partial charge >= 0.3 is 0 Å². The maximum Gasteiger partial charge on any atom is 0.250 e. The molecule has 0 saturated heterocycles. The minimum Gasteiger partial charge on any atom is -0.497 e. The molecule has 4 aromatic rings. The van der Waals surface area contributed by atoms with Crippen molar-refractivity contribution < 1.29 is 9.53 Å². The molecule has 7 nitrogen and oxygen atoms in total. The Bertz CT molecular complexity index is 1340. The Labute approximate surface area is 217 Å². The SMILES string of the molecule is COc1ccc(-c2nnc(SCC(=O)NN=C(C)c3ccc(Cl)cc3)n2-c2ccc(Cl)cc2)cc1. The number of carbonyl (C=O) groups excluding carboxylic acids is 1. The molecule has 1 N–H and O–H groups in total. The fourth-order valence-electron chi connectivity index (χ4n) is 3.18. The highest BCUT2D eigenvalue weighted by Gasteiger charge is 2.17. The molecule has 3 aromatic carbocycles. The van der Waals surface area contributed by atoms with Gasteiger partial charge in [0.15, 0.2) is 11.0 Å². The third kappa shape index (κ3) is 6.22. The van der Waals surface area contributed by atoms with E-state index in [9.17, 15) is 4.79 Å². The quantitative estimate of drug-likeness (QED) is 0.176. The Morgan fingerprint density at radius 1 is 0.971 bits per heavy atom. The lowest BCUT2D eigenvalue weighted by Crippen LogP contribution is -2.21. The molecule has 0 radical (unpaired) electrons. The maximum absolute atomic E-state index is 12.5. The van der Waals surface area contributed by atoms with Gasteiger partial charge in [0.2, 0.25) is 0 Å². The van der Waals surface area contributed by atoms with Gasteiger partial charge in [0, 0.05) is 21.3 Å². The van der Waals surface area contributed by atoms with Gasteiger partial charge in [0.25, 0.3) is 5.91 Å². The van der Waals surface area contributed by atoms with Crippen LogP contribution in [0, 0.1) is 0 Å². The highest BCUT2D eigenvalue weighted by Crippen LogP contribution is 2.29. The second-order valence-electron chi connectivity index (χ2n) is 7.37. The van der Waals surface area contributed by atoms with Gasteiger partial charge < -0.3 is 4.74 Å². The number of nitrogens with one attached hydrogen (secondary N) is 1. The largest absolute Gasteiger partial charge is 0.497 e. The van der Waals surface area contributed by atoms with Gasteiger partial charge in [-0.2, -0.15) is 5.10 Å². The maximum atomic E-state index is 12.5. The Kier molecular flexibility index (Phi) is 8.07. The van der Waals surface area contributed by atoms with Crippen molar-refractivity contribution in [1.82, 2.24) is 20.2 Å². The summed E-state index contributed by atoms with van der Waals surface area (Å²) in [6, 6.07) is 22.1. The number of ether oxygens (including phenoxy) is 1. The van der Waals surface area contributed by atoms with E-state index in [4.69, 9.17) is 27.9 Å². The summed E-state index contributed by atoms with van der Waals surface area (Å²) in [5, 5.41) is 14.7. The van der Waals surface area contributed by atoms with Gasteiger partial charge in [-0.1, -0.05) is 47.1 Å². The molecule has 0 aliphatic rings. The number of methoxy groups -OCH3 is 1. The van der Waals surface area contributed by atoms with E-state index in [1.807, 2.05) is 60.0 Å². The van der Waals surface area contributed by atoms with Gasteiger partial charge in [-0.15, -0.1) is 10.2 Å². The van der Waals surface area contributed by atoms with Crippen LogP contribution in [0.4, 0.5) is 0 Å². The molecule has 0 aliphatic carbocycles. The fourth-order valence-corrected chi connectivity index (χ4v) is 4.17. The molecular weight excluding hydrogens is 505 g/mol. The molecule has 0 aliphatic heterocycles. The van der Waals surface area contributed by atoms with Crippen molar-refractivity contribution in [1.29, 1.82) is 0 Å². The summed E-state index contributed by atoms with van der Waals surface area (Å²) in [6.45, 7) is 1.81. The standard InChI is InChI=1S/C25H21Cl2N5O2S/c1-16(17-3-7-19(26)8-4-17)28-29-23(33)15-35-25-31-30-24(18-5-13-22(34-2)14-6-18)32(25)21-11-9-20(27)10-12-21/h3-14H,15H2,1-2H3,(H,29,33). The smallest absolute Gasteiger partial charge is 0.250 e. The average Bonchev–Trinajstić information content (AvgIpc) is 3.31. The zero-order valence-corrected chi connectivity index (χ0v) is 21.2. The van der Waals surface area contributed by atoms with Crippen LogP contribution in [0.25, 0.3) is 17.1 Å². The first-order valence-electron chi connectivity index (χ1n) is 10.5. The van der Waals surface area contributed by atoms with Crippen LogP contribution in [0.15, 0.2) is 83.1 Å². The zero-order valence-electron chi connectivity index (χ0n) is 18.9. The van der Waals surface area contributed by atoms with E-state index in [1.54, 1.807) is 31.4 Å². The third-order valence-corrected chi connectivity index (χ3v) is 6.44. The minimum atomic E-state index is -0.264. The predicted octanol–water partition coefficient (Wildman–Crippen LogP) is 5.88. The minimum absolute atomic E-state index is 0.103. The molecule has 178 valence electrons. The Morgan fingerprint density at radius 2 is 1.60 bits per heavy atom. The summed E-state index contributed by atoms with van der Waals surface area (Å²) in [5.41, 5.74) is 5.81. The number of carbonyl (C=O) groups is 1. The number of rotatable bonds is 8. The summed E-state index contributed by atoms with van der Waals surface area (Å²) < 4.78 is 7.14. The number of halogens is 2. The van der Waals surface area contributed by atoms with Gasteiger partial charge in [-0.25, -0.2) is 5.43 Å². The summed E-state index contributed by atoms with van der Waals surface area (Å²) in [4.78, 5) is 12.5. The highest BCUT2D eigenvalue weighted by molar-refractivity contribution is 7.99. The van der Waals surface area contributed by atoms with Crippen molar-refractivity contribution in [3.8, 4) is 22.8 Å². The molecule has 0 saturated carbocycles. The predicted molar refractivity (Wildman–Crippen MR) is 141 cm³/mol. The monoisotopic (exact) mass is 525 g/mol.